The highest BCUT2D eigenvalue weighted by Crippen LogP contribution is 2.54. The van der Waals surface area contributed by atoms with E-state index in [1.54, 1.807) is 0 Å². The van der Waals surface area contributed by atoms with Crippen molar-refractivity contribution in [3.63, 3.8) is 0 Å². The maximum absolute atomic E-state index is 14.0. The van der Waals surface area contributed by atoms with Crippen molar-refractivity contribution in [3.8, 4) is 34.7 Å². The fourth-order valence-corrected chi connectivity index (χ4v) is 5.50. The molecule has 0 amide bonds. The van der Waals surface area contributed by atoms with Crippen LogP contribution in [0.4, 0.5) is 4.39 Å². The maximum Gasteiger partial charge on any atom is 0.541 e. The van der Waals surface area contributed by atoms with E-state index in [-0.39, 0.29) is 17.4 Å². The van der Waals surface area contributed by atoms with E-state index in [0.29, 0.717) is 28.1 Å². The molecule has 3 unspecified atom stereocenters. The first-order valence-corrected chi connectivity index (χ1v) is 13.0. The summed E-state index contributed by atoms with van der Waals surface area (Å²) in [7, 11) is -3.62. The van der Waals surface area contributed by atoms with Crippen LogP contribution in [-0.2, 0) is 15.0 Å². The van der Waals surface area contributed by atoms with Crippen LogP contribution >= 0.6 is 8.03 Å². The molecule has 192 valence electrons. The van der Waals surface area contributed by atoms with Gasteiger partial charge in [-0.05, 0) is 58.1 Å². The number of rotatable bonds is 8. The van der Waals surface area contributed by atoms with Crippen LogP contribution in [0.1, 0.15) is 63.3 Å². The quantitative estimate of drug-likeness (QED) is 0.240. The highest BCUT2D eigenvalue weighted by Gasteiger charge is 2.70. The molecule has 0 aliphatic carbocycles. The summed E-state index contributed by atoms with van der Waals surface area (Å²) in [5, 5.41) is 19.3. The lowest BCUT2D eigenvalue weighted by molar-refractivity contribution is -0.145. The van der Waals surface area contributed by atoms with Gasteiger partial charge in [0.2, 0.25) is 0 Å². The molecule has 0 bridgehead atoms. The Hall–Kier alpha value is -3.43. The second-order valence-corrected chi connectivity index (χ2v) is 10.9. The summed E-state index contributed by atoms with van der Waals surface area (Å²) in [6.07, 6.45) is 5.58. The molecule has 2 aromatic carbocycles. The zero-order chi connectivity index (χ0) is 27.7. The van der Waals surface area contributed by atoms with Crippen LogP contribution in [0.3, 0.4) is 0 Å². The SMILES string of the molecule is C#CC(C(=O)O)([P+](=O)O)C(C)(O)c1c(C(C)C)nc(-c2ccccc2)c(C(C)C)c1-c1ccc(F)cc1. The van der Waals surface area contributed by atoms with Crippen LogP contribution in [0, 0.1) is 18.2 Å². The van der Waals surface area contributed by atoms with Crippen LogP contribution in [0.25, 0.3) is 22.4 Å². The molecule has 0 saturated heterocycles. The van der Waals surface area contributed by atoms with Gasteiger partial charge >= 0.3 is 19.2 Å². The van der Waals surface area contributed by atoms with Crippen LogP contribution in [0.2, 0.25) is 0 Å². The molecule has 0 fully saturated rings. The highest BCUT2D eigenvalue weighted by atomic mass is 31.1. The van der Waals surface area contributed by atoms with E-state index in [4.69, 9.17) is 11.4 Å². The van der Waals surface area contributed by atoms with E-state index < -0.39 is 30.6 Å². The molecular weight excluding hydrogens is 492 g/mol. The van der Waals surface area contributed by atoms with Gasteiger partial charge in [-0.2, -0.15) is 4.89 Å². The normalized spacial score (nSPS) is 15.1. The Morgan fingerprint density at radius 1 is 1.03 bits per heavy atom. The number of aliphatic carboxylic acids is 1. The number of aromatic nitrogens is 1. The van der Waals surface area contributed by atoms with Crippen LogP contribution < -0.4 is 0 Å². The third kappa shape index (κ3) is 4.69. The average molecular weight is 523 g/mol. The number of halogens is 1. The van der Waals surface area contributed by atoms with Crippen molar-refractivity contribution in [2.45, 2.75) is 57.2 Å². The second-order valence-electron chi connectivity index (χ2n) is 9.70. The van der Waals surface area contributed by atoms with Crippen LogP contribution in [-0.4, -0.2) is 31.2 Å². The molecule has 0 aliphatic rings. The molecule has 0 saturated carbocycles. The lowest BCUT2D eigenvalue weighted by Gasteiger charge is -2.35. The van der Waals surface area contributed by atoms with Crippen molar-refractivity contribution >= 4 is 14.0 Å². The maximum atomic E-state index is 14.0. The molecule has 3 aromatic rings. The number of benzene rings is 2. The number of pyridine rings is 1. The summed E-state index contributed by atoms with van der Waals surface area (Å²) in [5.74, 6) is -0.926. The standard InChI is InChI=1S/C29H29FNO5P/c1-7-29(27(32)33,37(35)36)28(6,34)24-23(19-13-15-21(30)16-14-19)22(17(2)3)26(31-25(24)18(4)5)20-11-9-8-10-12-20/h1,8-18,34H,2-6H3,(H-,32,33,35,36)/p+1. The second kappa shape index (κ2) is 10.5. The summed E-state index contributed by atoms with van der Waals surface area (Å²) in [6.45, 7) is 8.60. The Balaban J connectivity index is 2.68. The Morgan fingerprint density at radius 2 is 1.59 bits per heavy atom. The van der Waals surface area contributed by atoms with Gasteiger partial charge in [0.25, 0.3) is 0 Å². The van der Waals surface area contributed by atoms with Gasteiger partial charge in [-0.15, -0.1) is 6.42 Å². The zero-order valence-electron chi connectivity index (χ0n) is 21.4. The van der Waals surface area contributed by atoms with Gasteiger partial charge in [-0.25, -0.2) is 9.18 Å². The summed E-state index contributed by atoms with van der Waals surface area (Å²) >= 11 is 0. The summed E-state index contributed by atoms with van der Waals surface area (Å²) in [4.78, 5) is 27.6. The minimum absolute atomic E-state index is 0.0234. The summed E-state index contributed by atoms with van der Waals surface area (Å²) in [5.41, 5.74) is 0.708. The van der Waals surface area contributed by atoms with E-state index in [2.05, 4.69) is 0 Å². The first-order valence-electron chi connectivity index (χ1n) is 11.8. The molecule has 3 atom stereocenters. The third-order valence-electron chi connectivity index (χ3n) is 6.56. The van der Waals surface area contributed by atoms with Crippen LogP contribution in [0.5, 0.6) is 0 Å². The summed E-state index contributed by atoms with van der Waals surface area (Å²) in [6, 6.07) is 14.9. The molecule has 3 rings (SSSR count). The molecule has 3 N–H and O–H groups in total. The Labute approximate surface area is 217 Å². The summed E-state index contributed by atoms with van der Waals surface area (Å²) < 4.78 is 26.6. The molecule has 37 heavy (non-hydrogen) atoms. The largest absolute Gasteiger partial charge is 0.541 e. The number of carboxylic acids is 1. The number of carboxylic acid groups (broad SMARTS) is 1. The average Bonchev–Trinajstić information content (AvgIpc) is 2.83. The van der Waals surface area contributed by atoms with Crippen LogP contribution in [0.15, 0.2) is 54.6 Å². The van der Waals surface area contributed by atoms with Gasteiger partial charge in [0.05, 0.1) is 11.4 Å². The highest BCUT2D eigenvalue weighted by molar-refractivity contribution is 7.42. The molecule has 0 radical (unpaired) electrons. The number of carbonyl (C=O) groups is 1. The Kier molecular flexibility index (Phi) is 8.00. The fraction of sp³-hybridized carbons (Fsp3) is 0.310. The number of hydrogen-bond acceptors (Lipinski definition) is 4. The molecule has 1 heterocycles. The minimum Gasteiger partial charge on any atom is -0.477 e. The van der Waals surface area contributed by atoms with Gasteiger partial charge in [-0.3, -0.25) is 4.98 Å². The lowest BCUT2D eigenvalue weighted by atomic mass is 9.73. The Morgan fingerprint density at radius 3 is 2.03 bits per heavy atom. The van der Waals surface area contributed by atoms with Gasteiger partial charge in [-0.1, -0.05) is 70.2 Å². The number of terminal acetylenes is 1. The predicted octanol–water partition coefficient (Wildman–Crippen LogP) is 6.20. The smallest absolute Gasteiger partial charge is 0.477 e. The van der Waals surface area contributed by atoms with Gasteiger partial charge in [0.1, 0.15) is 5.82 Å². The first-order chi connectivity index (χ1) is 17.3. The molecular formula is C29H30FNO5P+. The number of aliphatic hydroxyl groups is 1. The fourth-order valence-electron chi connectivity index (χ4n) is 4.74. The zero-order valence-corrected chi connectivity index (χ0v) is 22.3. The molecule has 0 aliphatic heterocycles. The van der Waals surface area contributed by atoms with Gasteiger partial charge in [0.15, 0.2) is 5.60 Å². The molecule has 0 spiro atoms. The molecule has 6 nitrogen and oxygen atoms in total. The van der Waals surface area contributed by atoms with E-state index in [1.807, 2.05) is 63.9 Å². The first kappa shape index (κ1) is 28.1. The van der Waals surface area contributed by atoms with Crippen molar-refractivity contribution in [3.05, 3.63) is 77.2 Å². The monoisotopic (exact) mass is 522 g/mol. The number of hydrogen-bond donors (Lipinski definition) is 3. The topological polar surface area (TPSA) is 108 Å². The van der Waals surface area contributed by atoms with Crippen molar-refractivity contribution in [1.82, 2.24) is 4.98 Å². The minimum atomic E-state index is -3.62. The Bertz CT molecular complexity index is 1360. The molecule has 8 heteroatoms. The van der Waals surface area contributed by atoms with Crippen molar-refractivity contribution in [2.75, 3.05) is 0 Å². The van der Waals surface area contributed by atoms with Gasteiger partial charge in [0, 0.05) is 11.1 Å². The number of nitrogens with zero attached hydrogens (tertiary/aromatic N) is 1. The van der Waals surface area contributed by atoms with E-state index >= 15 is 0 Å². The van der Waals surface area contributed by atoms with E-state index in [0.717, 1.165) is 12.5 Å². The predicted molar refractivity (Wildman–Crippen MR) is 142 cm³/mol. The van der Waals surface area contributed by atoms with E-state index in [1.165, 1.54) is 24.3 Å². The molecule has 1 aromatic heterocycles. The van der Waals surface area contributed by atoms with Crippen molar-refractivity contribution < 1.29 is 28.9 Å². The van der Waals surface area contributed by atoms with Crippen molar-refractivity contribution in [1.29, 1.82) is 0 Å². The van der Waals surface area contributed by atoms with Crippen molar-refractivity contribution in [2.24, 2.45) is 0 Å². The van der Waals surface area contributed by atoms with E-state index in [9.17, 15) is 28.9 Å². The lowest BCUT2D eigenvalue weighted by Crippen LogP contribution is -2.53. The van der Waals surface area contributed by atoms with Gasteiger partial charge < -0.3 is 10.2 Å². The third-order valence-corrected chi connectivity index (χ3v) is 7.89.